The molecule has 0 aliphatic heterocycles. The summed E-state index contributed by atoms with van der Waals surface area (Å²) in [6.07, 6.45) is 0. The molecule has 2 aromatic rings. The topological polar surface area (TPSA) is 0 Å². The molecule has 3 heteroatoms. The normalized spacial score (nSPS) is 12.9. The van der Waals surface area contributed by atoms with Crippen LogP contribution in [0.1, 0.15) is 12.5 Å². The fraction of sp³-hybridized carbons (Fsp3) is 0.143. The number of hydrogen-bond acceptors (Lipinski definition) is 1. The highest BCUT2D eigenvalue weighted by Crippen LogP contribution is 2.21. The van der Waals surface area contributed by atoms with Crippen molar-refractivity contribution in [3.63, 3.8) is 0 Å². The summed E-state index contributed by atoms with van der Waals surface area (Å²) in [6, 6.07) is 3.46. The van der Waals surface area contributed by atoms with Crippen molar-refractivity contribution in [3.8, 4) is 0 Å². The Hall–Kier alpha value is -1.48. The van der Waals surface area contributed by atoms with Crippen molar-refractivity contribution in [3.05, 3.63) is 45.4 Å². The maximum atomic E-state index is 13.9. The lowest BCUT2D eigenvalue weighted by Crippen LogP contribution is -2.18. The molecule has 0 fully saturated rings. The molecule has 1 aromatic carbocycles. The molecule has 88 valence electrons. The smallest absolute Gasteiger partial charge is 0.143 e. The molecule has 17 heavy (non-hydrogen) atoms. The fourth-order valence-corrected chi connectivity index (χ4v) is 2.90. The zero-order chi connectivity index (χ0) is 12.7. The van der Waals surface area contributed by atoms with Gasteiger partial charge in [0.1, 0.15) is 11.6 Å². The van der Waals surface area contributed by atoms with Gasteiger partial charge in [0.25, 0.3) is 0 Å². The van der Waals surface area contributed by atoms with Crippen molar-refractivity contribution in [2.75, 3.05) is 0 Å². The van der Waals surface area contributed by atoms with Crippen LogP contribution in [0.25, 0.3) is 22.5 Å². The van der Waals surface area contributed by atoms with Crippen LogP contribution >= 0.6 is 11.3 Å². The molecule has 0 spiro atoms. The lowest BCUT2D eigenvalue weighted by atomic mass is 10.1. The molecule has 0 atom stereocenters. The van der Waals surface area contributed by atoms with Gasteiger partial charge in [-0.3, -0.25) is 0 Å². The Morgan fingerprint density at radius 2 is 2.00 bits per heavy atom. The first-order valence-corrected chi connectivity index (χ1v) is 5.97. The van der Waals surface area contributed by atoms with E-state index in [1.807, 2.05) is 0 Å². The van der Waals surface area contributed by atoms with Crippen molar-refractivity contribution < 1.29 is 8.78 Å². The van der Waals surface area contributed by atoms with E-state index in [1.54, 1.807) is 26.0 Å². The average Bonchev–Trinajstić information content (AvgIpc) is 2.61. The second-order valence-corrected chi connectivity index (χ2v) is 5.10. The SMILES string of the molecule is C=C(C)/C(F)=c1/sc2c(F)c(C)ccc2c1=C. The Bertz CT molecular complexity index is 723. The minimum Gasteiger partial charge on any atom is -0.205 e. The van der Waals surface area contributed by atoms with E-state index in [1.165, 1.54) is 0 Å². The van der Waals surface area contributed by atoms with E-state index < -0.39 is 5.83 Å². The third kappa shape index (κ3) is 1.80. The summed E-state index contributed by atoms with van der Waals surface area (Å²) in [4.78, 5) is 0. The predicted molar refractivity (Wildman–Crippen MR) is 70.6 cm³/mol. The largest absolute Gasteiger partial charge is 0.205 e. The number of hydrogen-bond donors (Lipinski definition) is 0. The van der Waals surface area contributed by atoms with Crippen LogP contribution in [0.4, 0.5) is 8.78 Å². The summed E-state index contributed by atoms with van der Waals surface area (Å²) in [5.41, 5.74) is 0.889. The average molecular weight is 250 g/mol. The second kappa shape index (κ2) is 4.08. The minimum atomic E-state index is -0.409. The quantitative estimate of drug-likeness (QED) is 0.727. The van der Waals surface area contributed by atoms with Crippen molar-refractivity contribution in [1.29, 1.82) is 0 Å². The highest BCUT2D eigenvalue weighted by atomic mass is 32.1. The van der Waals surface area contributed by atoms with Crippen LogP contribution in [0.2, 0.25) is 0 Å². The van der Waals surface area contributed by atoms with Gasteiger partial charge in [-0.2, -0.15) is 0 Å². The molecule has 0 aliphatic carbocycles. The number of benzene rings is 1. The van der Waals surface area contributed by atoms with E-state index >= 15 is 0 Å². The molecule has 0 saturated carbocycles. The number of fused-ring (bicyclic) bond motifs is 1. The van der Waals surface area contributed by atoms with Gasteiger partial charge in [-0.05, 0) is 30.2 Å². The molecule has 0 aliphatic rings. The predicted octanol–water partition coefficient (Wildman–Crippen LogP) is 3.41. The van der Waals surface area contributed by atoms with Crippen molar-refractivity contribution in [2.24, 2.45) is 0 Å². The maximum Gasteiger partial charge on any atom is 0.143 e. The lowest BCUT2D eigenvalue weighted by molar-refractivity contribution is 0.632. The van der Waals surface area contributed by atoms with Crippen LogP contribution in [-0.2, 0) is 0 Å². The number of halogens is 2. The van der Waals surface area contributed by atoms with Crippen LogP contribution in [-0.4, -0.2) is 0 Å². The third-order valence-electron chi connectivity index (χ3n) is 2.67. The highest BCUT2D eigenvalue weighted by molar-refractivity contribution is 7.17. The van der Waals surface area contributed by atoms with Crippen LogP contribution in [0.15, 0.2) is 24.3 Å². The fourth-order valence-electron chi connectivity index (χ4n) is 1.65. The summed E-state index contributed by atoms with van der Waals surface area (Å²) in [6.45, 7) is 10.7. The van der Waals surface area contributed by atoms with Crippen LogP contribution < -0.4 is 9.75 Å². The van der Waals surface area contributed by atoms with E-state index in [4.69, 9.17) is 0 Å². The standard InChI is InChI=1S/C14H12F2S/c1-7(2)11(15)13-9(4)10-6-5-8(3)12(16)14(10)17-13/h5-6H,1,4H2,2-3H3/b13-11-. The lowest BCUT2D eigenvalue weighted by Gasteiger charge is -1.95. The molecule has 0 unspecified atom stereocenters. The number of rotatable bonds is 1. The molecular weight excluding hydrogens is 238 g/mol. The van der Waals surface area contributed by atoms with Crippen molar-refractivity contribution >= 4 is 33.8 Å². The van der Waals surface area contributed by atoms with E-state index in [-0.39, 0.29) is 5.82 Å². The maximum absolute atomic E-state index is 13.9. The Morgan fingerprint density at radius 3 is 2.59 bits per heavy atom. The molecule has 0 amide bonds. The molecule has 2 rings (SSSR count). The Kier molecular flexibility index (Phi) is 2.87. The van der Waals surface area contributed by atoms with Gasteiger partial charge in [0, 0.05) is 5.39 Å². The van der Waals surface area contributed by atoms with E-state index in [2.05, 4.69) is 13.2 Å². The molecule has 0 nitrogen and oxygen atoms in total. The van der Waals surface area contributed by atoms with E-state index in [9.17, 15) is 8.78 Å². The molecule has 1 aromatic heterocycles. The van der Waals surface area contributed by atoms with E-state index in [0.717, 1.165) is 11.3 Å². The highest BCUT2D eigenvalue weighted by Gasteiger charge is 2.10. The summed E-state index contributed by atoms with van der Waals surface area (Å²) < 4.78 is 28.6. The Balaban J connectivity index is 3.02. The summed E-state index contributed by atoms with van der Waals surface area (Å²) in [5.74, 6) is -0.702. The van der Waals surface area contributed by atoms with Gasteiger partial charge in [-0.15, -0.1) is 11.3 Å². The van der Waals surface area contributed by atoms with Gasteiger partial charge in [0.15, 0.2) is 0 Å². The van der Waals surface area contributed by atoms with Gasteiger partial charge < -0.3 is 0 Å². The van der Waals surface area contributed by atoms with Crippen molar-refractivity contribution in [1.82, 2.24) is 0 Å². The molecule has 0 radical (unpaired) electrons. The second-order valence-electron chi connectivity index (χ2n) is 4.08. The van der Waals surface area contributed by atoms with Crippen LogP contribution in [0, 0.1) is 12.7 Å². The van der Waals surface area contributed by atoms with Gasteiger partial charge in [-0.1, -0.05) is 25.3 Å². The van der Waals surface area contributed by atoms with E-state index in [0.29, 0.717) is 31.0 Å². The zero-order valence-electron chi connectivity index (χ0n) is 9.73. The molecule has 0 bridgehead atoms. The van der Waals surface area contributed by atoms with Crippen molar-refractivity contribution in [2.45, 2.75) is 13.8 Å². The summed E-state index contributed by atoms with van der Waals surface area (Å²) >= 11 is 1.09. The first kappa shape index (κ1) is 12.0. The van der Waals surface area contributed by atoms with Gasteiger partial charge in [0.05, 0.1) is 9.23 Å². The van der Waals surface area contributed by atoms with Crippen LogP contribution in [0.3, 0.4) is 0 Å². The zero-order valence-corrected chi connectivity index (χ0v) is 10.5. The number of allylic oxidation sites excluding steroid dienone is 1. The minimum absolute atomic E-state index is 0.293. The van der Waals surface area contributed by atoms with Gasteiger partial charge in [-0.25, -0.2) is 8.78 Å². The van der Waals surface area contributed by atoms with Crippen LogP contribution in [0.5, 0.6) is 0 Å². The Morgan fingerprint density at radius 1 is 1.35 bits per heavy atom. The number of aryl methyl sites for hydroxylation is 1. The summed E-state index contributed by atoms with van der Waals surface area (Å²) in [5, 5.41) is 1.20. The number of thiophene rings is 1. The molecule has 0 N–H and O–H groups in total. The molecule has 1 heterocycles. The monoisotopic (exact) mass is 250 g/mol. The third-order valence-corrected chi connectivity index (χ3v) is 3.90. The van der Waals surface area contributed by atoms with Gasteiger partial charge >= 0.3 is 0 Å². The Labute approximate surface area is 102 Å². The van der Waals surface area contributed by atoms with Gasteiger partial charge in [0.2, 0.25) is 0 Å². The first-order chi connectivity index (χ1) is 7.93. The molecular formula is C14H12F2S. The first-order valence-electron chi connectivity index (χ1n) is 5.15. The molecule has 0 saturated heterocycles. The summed E-state index contributed by atoms with van der Waals surface area (Å²) in [7, 11) is 0.